The van der Waals surface area contributed by atoms with Crippen molar-refractivity contribution in [3.05, 3.63) is 82.9 Å². The molecule has 0 heterocycles. The summed E-state index contributed by atoms with van der Waals surface area (Å²) >= 11 is 0. The van der Waals surface area contributed by atoms with Gasteiger partial charge in [0, 0.05) is 43.5 Å². The number of carbonyl (C=O) groups is 2. The Morgan fingerprint density at radius 3 is 2.34 bits per heavy atom. The molecular formula is C34H38N2O5. The number of Topliss-reactive ketones (excluding diaryl/α,β-unsaturated/α-hetero) is 1. The van der Waals surface area contributed by atoms with Gasteiger partial charge in [-0.25, -0.2) is 0 Å². The van der Waals surface area contributed by atoms with Crippen LogP contribution in [0.25, 0.3) is 11.1 Å². The molecule has 0 radical (unpaired) electrons. The van der Waals surface area contributed by atoms with Gasteiger partial charge in [0.2, 0.25) is 0 Å². The van der Waals surface area contributed by atoms with Crippen LogP contribution in [0.3, 0.4) is 0 Å². The minimum absolute atomic E-state index is 0.0850. The highest BCUT2D eigenvalue weighted by atomic mass is 16.3. The lowest BCUT2D eigenvalue weighted by molar-refractivity contribution is -0.134. The van der Waals surface area contributed by atoms with E-state index >= 15 is 0 Å². The Morgan fingerprint density at radius 1 is 0.976 bits per heavy atom. The summed E-state index contributed by atoms with van der Waals surface area (Å²) in [5, 5.41) is 35.8. The smallest absolute Gasteiger partial charge is 0.255 e. The fourth-order valence-corrected chi connectivity index (χ4v) is 6.86. The first-order valence-electron chi connectivity index (χ1n) is 14.7. The third-order valence-electron chi connectivity index (χ3n) is 9.36. The number of carbonyl (C=O) groups excluding carboxylic acids is 2. The van der Waals surface area contributed by atoms with E-state index < -0.39 is 11.5 Å². The van der Waals surface area contributed by atoms with Gasteiger partial charge < -0.3 is 20.6 Å². The Labute approximate surface area is 240 Å². The molecule has 7 nitrogen and oxygen atoms in total. The molecule has 0 spiro atoms. The number of phenols is 2. The van der Waals surface area contributed by atoms with E-state index in [0.29, 0.717) is 43.7 Å². The number of aliphatic hydroxyl groups is 1. The number of nitrogens with zero attached hydrogens (tertiary/aromatic N) is 1. The number of fused-ring (bicyclic) bond motifs is 3. The van der Waals surface area contributed by atoms with Crippen molar-refractivity contribution in [3.63, 3.8) is 0 Å². The van der Waals surface area contributed by atoms with Gasteiger partial charge in [-0.15, -0.1) is 0 Å². The Bertz CT molecular complexity index is 1450. The van der Waals surface area contributed by atoms with Crippen molar-refractivity contribution in [2.24, 2.45) is 5.92 Å². The van der Waals surface area contributed by atoms with E-state index in [1.165, 1.54) is 12.8 Å². The Hall–Kier alpha value is -3.68. The SMILES string of the molecule is CN(CC1CC1)[C@@H]1Cc2ccc(C(=O)NCCc3ccc(-c4ccc(O)cc4)cc3)c(O)c2C2CC(=O)CC[C@]21O. The number of benzene rings is 3. The van der Waals surface area contributed by atoms with E-state index in [1.807, 2.05) is 42.5 Å². The van der Waals surface area contributed by atoms with Crippen LogP contribution in [0.5, 0.6) is 11.5 Å². The first kappa shape index (κ1) is 27.5. The number of phenolic OH excluding ortho intramolecular Hbond substituents is 2. The zero-order valence-corrected chi connectivity index (χ0v) is 23.5. The molecule has 3 aliphatic carbocycles. The number of likely N-dealkylation sites (N-methyl/N-ethyl adjacent to an activating group) is 1. The zero-order valence-electron chi connectivity index (χ0n) is 23.5. The fourth-order valence-electron chi connectivity index (χ4n) is 6.86. The normalized spacial score (nSPS) is 23.6. The van der Waals surface area contributed by atoms with Crippen molar-refractivity contribution in [2.75, 3.05) is 20.1 Å². The fraction of sp³-hybridized carbons (Fsp3) is 0.412. The van der Waals surface area contributed by atoms with Gasteiger partial charge in [-0.1, -0.05) is 42.5 Å². The number of aromatic hydroxyl groups is 2. The molecule has 1 unspecified atom stereocenters. The Morgan fingerprint density at radius 2 is 1.66 bits per heavy atom. The maximum atomic E-state index is 13.2. The van der Waals surface area contributed by atoms with E-state index in [2.05, 4.69) is 17.3 Å². The zero-order chi connectivity index (χ0) is 28.7. The van der Waals surface area contributed by atoms with E-state index in [0.717, 1.165) is 28.8 Å². The van der Waals surface area contributed by atoms with Crippen LogP contribution in [0, 0.1) is 5.92 Å². The number of nitrogens with one attached hydrogen (secondary N) is 1. The van der Waals surface area contributed by atoms with Crippen LogP contribution in [0.2, 0.25) is 0 Å². The van der Waals surface area contributed by atoms with E-state index in [4.69, 9.17) is 0 Å². The van der Waals surface area contributed by atoms with Gasteiger partial charge in [-0.3, -0.25) is 14.5 Å². The summed E-state index contributed by atoms with van der Waals surface area (Å²) in [4.78, 5) is 28.0. The molecule has 2 fully saturated rings. The van der Waals surface area contributed by atoms with Crippen LogP contribution >= 0.6 is 0 Å². The molecule has 1 amide bonds. The molecule has 7 heteroatoms. The standard InChI is InChI=1S/C34H38N2O5/c1-36(20-22-2-3-22)30-18-25-10-13-28(32(39)31(25)29-19-27(38)14-16-34(29,30)41)33(40)35-17-15-21-4-6-23(7-5-21)24-8-11-26(37)12-9-24/h4-13,22,29-30,37,39,41H,2-3,14-20H2,1H3,(H,35,40)/t29?,30-,34+/m1/s1. The van der Waals surface area contributed by atoms with Gasteiger partial charge in [-0.2, -0.15) is 0 Å². The van der Waals surface area contributed by atoms with Crippen molar-refractivity contribution in [1.29, 1.82) is 0 Å². The minimum Gasteiger partial charge on any atom is -0.508 e. The van der Waals surface area contributed by atoms with Crippen molar-refractivity contribution >= 4 is 11.7 Å². The van der Waals surface area contributed by atoms with Crippen molar-refractivity contribution < 1.29 is 24.9 Å². The third-order valence-corrected chi connectivity index (χ3v) is 9.36. The second-order valence-electron chi connectivity index (χ2n) is 12.2. The van der Waals surface area contributed by atoms with E-state index in [-0.39, 0.29) is 41.2 Å². The molecular weight excluding hydrogens is 516 g/mol. The van der Waals surface area contributed by atoms with E-state index in [9.17, 15) is 24.9 Å². The average molecular weight is 555 g/mol. The van der Waals surface area contributed by atoms with E-state index in [1.54, 1.807) is 18.2 Å². The van der Waals surface area contributed by atoms with Crippen LogP contribution in [-0.2, 0) is 17.6 Å². The van der Waals surface area contributed by atoms with Crippen LogP contribution in [0.15, 0.2) is 60.7 Å². The summed E-state index contributed by atoms with van der Waals surface area (Å²) < 4.78 is 0. The number of hydrogen-bond donors (Lipinski definition) is 4. The van der Waals surface area contributed by atoms with Gasteiger partial charge in [-0.05, 0) is 85.5 Å². The number of amides is 1. The van der Waals surface area contributed by atoms with Crippen LogP contribution in [0.4, 0.5) is 0 Å². The minimum atomic E-state index is -1.12. The first-order chi connectivity index (χ1) is 19.7. The van der Waals surface area contributed by atoms with Gasteiger partial charge in [0.25, 0.3) is 5.91 Å². The molecule has 6 rings (SSSR count). The van der Waals surface area contributed by atoms with Crippen molar-refractivity contribution in [2.45, 2.75) is 62.5 Å². The van der Waals surface area contributed by atoms with Crippen LogP contribution in [-0.4, -0.2) is 63.7 Å². The van der Waals surface area contributed by atoms with Crippen molar-refractivity contribution in [3.8, 4) is 22.6 Å². The number of ketones is 1. The average Bonchev–Trinajstić information content (AvgIpc) is 3.78. The molecule has 3 aromatic rings. The summed E-state index contributed by atoms with van der Waals surface area (Å²) in [6, 6.07) is 18.5. The molecule has 0 aromatic heterocycles. The lowest BCUT2D eigenvalue weighted by atomic mass is 9.61. The first-order valence-corrected chi connectivity index (χ1v) is 14.7. The molecule has 214 valence electrons. The highest BCUT2D eigenvalue weighted by Gasteiger charge is 2.54. The second kappa shape index (κ2) is 11.0. The van der Waals surface area contributed by atoms with Gasteiger partial charge in [0.1, 0.15) is 17.3 Å². The summed E-state index contributed by atoms with van der Waals surface area (Å²) in [5.41, 5.74) is 3.64. The van der Waals surface area contributed by atoms with Gasteiger partial charge in [0.05, 0.1) is 11.2 Å². The Kier molecular flexibility index (Phi) is 7.34. The molecule has 3 aromatic carbocycles. The molecule has 2 saturated carbocycles. The predicted octanol–water partition coefficient (Wildman–Crippen LogP) is 4.57. The molecule has 0 aliphatic heterocycles. The maximum Gasteiger partial charge on any atom is 0.255 e. The van der Waals surface area contributed by atoms with Crippen LogP contribution < -0.4 is 5.32 Å². The van der Waals surface area contributed by atoms with Gasteiger partial charge >= 0.3 is 0 Å². The Balaban J connectivity index is 1.16. The van der Waals surface area contributed by atoms with Gasteiger partial charge in [0.15, 0.2) is 0 Å². The molecule has 3 aliphatic rings. The maximum absolute atomic E-state index is 13.2. The number of rotatable bonds is 8. The molecule has 4 N–H and O–H groups in total. The molecule has 41 heavy (non-hydrogen) atoms. The second-order valence-corrected chi connectivity index (χ2v) is 12.2. The predicted molar refractivity (Wildman–Crippen MR) is 157 cm³/mol. The largest absolute Gasteiger partial charge is 0.508 e. The highest BCUT2D eigenvalue weighted by molar-refractivity contribution is 5.97. The summed E-state index contributed by atoms with van der Waals surface area (Å²) in [6.07, 6.45) is 4.53. The molecule has 0 bridgehead atoms. The van der Waals surface area contributed by atoms with Crippen molar-refractivity contribution in [1.82, 2.24) is 10.2 Å². The summed E-state index contributed by atoms with van der Waals surface area (Å²) in [7, 11) is 2.06. The highest BCUT2D eigenvalue weighted by Crippen LogP contribution is 2.52. The van der Waals surface area contributed by atoms with Crippen LogP contribution in [0.1, 0.15) is 65.1 Å². The lowest BCUT2D eigenvalue weighted by Gasteiger charge is -2.52. The topological polar surface area (TPSA) is 110 Å². The number of hydrogen-bond acceptors (Lipinski definition) is 6. The monoisotopic (exact) mass is 554 g/mol. The third kappa shape index (κ3) is 5.48. The lowest BCUT2D eigenvalue weighted by Crippen LogP contribution is -2.60. The molecule has 3 atom stereocenters. The molecule has 0 saturated heterocycles. The summed E-state index contributed by atoms with van der Waals surface area (Å²) in [5.74, 6) is -0.0230. The summed E-state index contributed by atoms with van der Waals surface area (Å²) in [6.45, 7) is 1.32. The quantitative estimate of drug-likeness (QED) is 0.325.